The number of nitrogens with zero attached hydrogens (tertiary/aromatic N) is 1. The molecular weight excluding hydrogens is 288 g/mol. The molecule has 0 bridgehead atoms. The van der Waals surface area contributed by atoms with Crippen LogP contribution in [0.1, 0.15) is 11.1 Å². The van der Waals surface area contributed by atoms with Crippen molar-refractivity contribution in [2.75, 3.05) is 6.61 Å². The maximum absolute atomic E-state index is 11.6. The first kappa shape index (κ1) is 15.1. The highest BCUT2D eigenvalue weighted by Gasteiger charge is 2.01. The lowest BCUT2D eigenvalue weighted by atomic mass is 10.2. The van der Waals surface area contributed by atoms with Crippen LogP contribution >= 0.6 is 11.6 Å². The van der Waals surface area contributed by atoms with E-state index in [1.54, 1.807) is 30.5 Å². The Bertz CT molecular complexity index is 639. The zero-order chi connectivity index (χ0) is 15.1. The number of rotatable bonds is 5. The smallest absolute Gasteiger partial charge is 0.277 e. The number of hydrogen-bond acceptors (Lipinski definition) is 3. The highest BCUT2D eigenvalue weighted by Crippen LogP contribution is 2.16. The molecule has 0 unspecified atom stereocenters. The number of halogens is 1. The third kappa shape index (κ3) is 5.28. The number of benzene rings is 2. The Hall–Kier alpha value is -2.33. The topological polar surface area (TPSA) is 50.7 Å². The average molecular weight is 303 g/mol. The minimum atomic E-state index is -0.335. The number of hydrazone groups is 1. The Labute approximate surface area is 128 Å². The third-order valence-electron chi connectivity index (χ3n) is 2.65. The number of carbonyl (C=O) groups excluding carboxylic acids is 1. The van der Waals surface area contributed by atoms with Gasteiger partial charge in [0.05, 0.1) is 6.21 Å². The quantitative estimate of drug-likeness (QED) is 0.681. The summed E-state index contributed by atoms with van der Waals surface area (Å²) in [6.07, 6.45) is 1.58. The Kier molecular flexibility index (Phi) is 5.35. The van der Waals surface area contributed by atoms with Crippen LogP contribution in [0.15, 0.2) is 53.6 Å². The molecule has 0 aliphatic heterocycles. The second-order valence-corrected chi connectivity index (χ2v) is 4.89. The van der Waals surface area contributed by atoms with Crippen molar-refractivity contribution in [3.63, 3.8) is 0 Å². The van der Waals surface area contributed by atoms with Crippen LogP contribution in [0.5, 0.6) is 5.75 Å². The molecule has 2 rings (SSSR count). The maximum Gasteiger partial charge on any atom is 0.277 e. The largest absolute Gasteiger partial charge is 0.484 e. The summed E-state index contributed by atoms with van der Waals surface area (Å²) in [4.78, 5) is 11.6. The van der Waals surface area contributed by atoms with Crippen LogP contribution in [0.25, 0.3) is 0 Å². The van der Waals surface area contributed by atoms with Gasteiger partial charge in [-0.1, -0.05) is 47.5 Å². The molecule has 2 aromatic rings. The van der Waals surface area contributed by atoms with E-state index >= 15 is 0 Å². The van der Waals surface area contributed by atoms with Crippen molar-refractivity contribution in [2.24, 2.45) is 5.10 Å². The SMILES string of the molecule is Cc1ccc(/C=N/NC(=O)COc2cccc(Cl)c2)cc1. The van der Waals surface area contributed by atoms with E-state index in [4.69, 9.17) is 16.3 Å². The summed E-state index contributed by atoms with van der Waals surface area (Å²) in [6, 6.07) is 14.7. The normalized spacial score (nSPS) is 10.6. The van der Waals surface area contributed by atoms with Gasteiger partial charge < -0.3 is 4.74 Å². The molecule has 21 heavy (non-hydrogen) atoms. The molecule has 0 heterocycles. The van der Waals surface area contributed by atoms with E-state index in [-0.39, 0.29) is 12.5 Å². The van der Waals surface area contributed by atoms with Crippen molar-refractivity contribution in [3.8, 4) is 5.75 Å². The van der Waals surface area contributed by atoms with Gasteiger partial charge in [-0.25, -0.2) is 5.43 Å². The molecular formula is C16H15ClN2O2. The lowest BCUT2D eigenvalue weighted by Crippen LogP contribution is -2.24. The number of hydrogen-bond donors (Lipinski definition) is 1. The average Bonchev–Trinajstić information content (AvgIpc) is 2.47. The molecule has 0 saturated carbocycles. The summed E-state index contributed by atoms with van der Waals surface area (Å²) >= 11 is 5.82. The van der Waals surface area contributed by atoms with E-state index in [1.165, 1.54) is 5.56 Å². The molecule has 0 aliphatic carbocycles. The molecule has 4 nitrogen and oxygen atoms in total. The molecule has 0 aromatic heterocycles. The van der Waals surface area contributed by atoms with E-state index in [9.17, 15) is 4.79 Å². The molecule has 0 atom stereocenters. The first-order valence-electron chi connectivity index (χ1n) is 6.40. The van der Waals surface area contributed by atoms with Crippen molar-refractivity contribution in [3.05, 3.63) is 64.7 Å². The molecule has 0 fully saturated rings. The van der Waals surface area contributed by atoms with Gasteiger partial charge in [0.15, 0.2) is 6.61 Å². The molecule has 0 spiro atoms. The fourth-order valence-electron chi connectivity index (χ4n) is 1.57. The first-order chi connectivity index (χ1) is 10.1. The van der Waals surface area contributed by atoms with Crippen LogP contribution in [-0.2, 0) is 4.79 Å². The van der Waals surface area contributed by atoms with Gasteiger partial charge in [0.2, 0.25) is 0 Å². The molecule has 0 radical (unpaired) electrons. The van der Waals surface area contributed by atoms with Crippen LogP contribution in [0.4, 0.5) is 0 Å². The monoisotopic (exact) mass is 302 g/mol. The van der Waals surface area contributed by atoms with Crippen LogP contribution in [0, 0.1) is 6.92 Å². The molecule has 0 saturated heterocycles. The predicted molar refractivity (Wildman–Crippen MR) is 83.9 cm³/mol. The highest BCUT2D eigenvalue weighted by atomic mass is 35.5. The van der Waals surface area contributed by atoms with Gasteiger partial charge in [-0.15, -0.1) is 0 Å². The predicted octanol–water partition coefficient (Wildman–Crippen LogP) is 3.18. The van der Waals surface area contributed by atoms with Crippen LogP contribution in [0.3, 0.4) is 0 Å². The Morgan fingerprint density at radius 2 is 2.05 bits per heavy atom. The second-order valence-electron chi connectivity index (χ2n) is 4.45. The van der Waals surface area contributed by atoms with Crippen molar-refractivity contribution >= 4 is 23.7 Å². The minimum Gasteiger partial charge on any atom is -0.484 e. The summed E-state index contributed by atoms with van der Waals surface area (Å²) in [5, 5.41) is 4.43. The highest BCUT2D eigenvalue weighted by molar-refractivity contribution is 6.30. The summed E-state index contributed by atoms with van der Waals surface area (Å²) < 4.78 is 5.30. The van der Waals surface area contributed by atoms with Crippen molar-refractivity contribution in [1.82, 2.24) is 5.43 Å². The van der Waals surface area contributed by atoms with E-state index in [0.29, 0.717) is 10.8 Å². The number of carbonyl (C=O) groups is 1. The van der Waals surface area contributed by atoms with Gasteiger partial charge in [-0.2, -0.15) is 5.10 Å². The molecule has 5 heteroatoms. The Morgan fingerprint density at radius 1 is 1.29 bits per heavy atom. The standard InChI is InChI=1S/C16H15ClN2O2/c1-12-5-7-13(8-6-12)10-18-19-16(20)11-21-15-4-2-3-14(17)9-15/h2-10H,11H2,1H3,(H,19,20)/b18-10+. The van der Waals surface area contributed by atoms with E-state index < -0.39 is 0 Å². The minimum absolute atomic E-state index is 0.119. The Balaban J connectivity index is 1.78. The van der Waals surface area contributed by atoms with Gasteiger partial charge >= 0.3 is 0 Å². The summed E-state index contributed by atoms with van der Waals surface area (Å²) in [5.41, 5.74) is 4.49. The molecule has 108 valence electrons. The number of aryl methyl sites for hydroxylation is 1. The molecule has 0 aliphatic rings. The van der Waals surface area contributed by atoms with Gasteiger partial charge in [0.1, 0.15) is 5.75 Å². The molecule has 1 N–H and O–H groups in total. The molecule has 1 amide bonds. The van der Waals surface area contributed by atoms with Gasteiger partial charge in [0.25, 0.3) is 5.91 Å². The second kappa shape index (κ2) is 7.45. The number of amides is 1. The summed E-state index contributed by atoms with van der Waals surface area (Å²) in [5.74, 6) is 0.207. The zero-order valence-electron chi connectivity index (χ0n) is 11.5. The fraction of sp³-hybridized carbons (Fsp3) is 0.125. The van der Waals surface area contributed by atoms with Crippen LogP contribution < -0.4 is 10.2 Å². The van der Waals surface area contributed by atoms with Crippen LogP contribution in [-0.4, -0.2) is 18.7 Å². The van der Waals surface area contributed by atoms with Crippen molar-refractivity contribution in [1.29, 1.82) is 0 Å². The van der Waals surface area contributed by atoms with E-state index in [2.05, 4.69) is 10.5 Å². The number of nitrogens with one attached hydrogen (secondary N) is 1. The first-order valence-corrected chi connectivity index (χ1v) is 6.78. The summed E-state index contributed by atoms with van der Waals surface area (Å²) in [7, 11) is 0. The van der Waals surface area contributed by atoms with Crippen molar-refractivity contribution < 1.29 is 9.53 Å². The van der Waals surface area contributed by atoms with E-state index in [1.807, 2.05) is 31.2 Å². The fourth-order valence-corrected chi connectivity index (χ4v) is 1.75. The lowest BCUT2D eigenvalue weighted by molar-refractivity contribution is -0.123. The van der Waals surface area contributed by atoms with Gasteiger partial charge in [-0.05, 0) is 30.7 Å². The lowest BCUT2D eigenvalue weighted by Gasteiger charge is -2.04. The van der Waals surface area contributed by atoms with Crippen LogP contribution in [0.2, 0.25) is 5.02 Å². The number of ether oxygens (including phenoxy) is 1. The van der Waals surface area contributed by atoms with Crippen molar-refractivity contribution in [2.45, 2.75) is 6.92 Å². The van der Waals surface area contributed by atoms with Gasteiger partial charge in [0, 0.05) is 5.02 Å². The third-order valence-corrected chi connectivity index (χ3v) is 2.88. The zero-order valence-corrected chi connectivity index (χ0v) is 12.3. The Morgan fingerprint density at radius 3 is 2.76 bits per heavy atom. The molecule has 2 aromatic carbocycles. The van der Waals surface area contributed by atoms with E-state index in [0.717, 1.165) is 5.56 Å². The maximum atomic E-state index is 11.6. The summed E-state index contributed by atoms with van der Waals surface area (Å²) in [6.45, 7) is 1.89. The van der Waals surface area contributed by atoms with Gasteiger partial charge in [-0.3, -0.25) is 4.79 Å².